The summed E-state index contributed by atoms with van der Waals surface area (Å²) >= 11 is 1.60. The third-order valence-corrected chi connectivity index (χ3v) is 7.66. The van der Waals surface area contributed by atoms with Crippen LogP contribution in [0.25, 0.3) is 0 Å². The van der Waals surface area contributed by atoms with Gasteiger partial charge < -0.3 is 15.3 Å². The normalized spacial score (nSPS) is 17.9. The second-order valence-electron chi connectivity index (χ2n) is 8.51. The quantitative estimate of drug-likeness (QED) is 0.552. The molecular formula is C25H21F3N4O3S. The van der Waals surface area contributed by atoms with E-state index in [-0.39, 0.29) is 0 Å². The number of carbonyl (C=O) groups is 1. The summed E-state index contributed by atoms with van der Waals surface area (Å²) in [6.07, 6.45) is -2.14. The molecule has 0 fully saturated rings. The van der Waals surface area contributed by atoms with Gasteiger partial charge in [-0.3, -0.25) is 14.6 Å². The fourth-order valence-electron chi connectivity index (χ4n) is 4.64. The number of rotatable bonds is 3. The first-order chi connectivity index (χ1) is 17.1. The van der Waals surface area contributed by atoms with E-state index in [4.69, 9.17) is 0 Å². The SMILES string of the molecule is CNc1cccc2c1[C@@H](N1CN([C@H](C)C(F)(F)F)C(=O)c3c(O)c(=O)c#cn31)c1ccccc1SC2. The zero-order valence-corrected chi connectivity index (χ0v) is 20.1. The van der Waals surface area contributed by atoms with Crippen molar-refractivity contribution in [3.05, 3.63) is 87.3 Å². The van der Waals surface area contributed by atoms with Crippen LogP contribution in [0.2, 0.25) is 0 Å². The van der Waals surface area contributed by atoms with Gasteiger partial charge in [-0.15, -0.1) is 11.8 Å². The highest BCUT2D eigenvalue weighted by atomic mass is 32.2. The summed E-state index contributed by atoms with van der Waals surface area (Å²) in [5, 5.41) is 15.2. The maximum absolute atomic E-state index is 13.8. The van der Waals surface area contributed by atoms with Gasteiger partial charge in [0.25, 0.3) is 11.3 Å². The van der Waals surface area contributed by atoms with Crippen molar-refractivity contribution >= 4 is 23.4 Å². The molecule has 2 atom stereocenters. The van der Waals surface area contributed by atoms with Gasteiger partial charge in [0.15, 0.2) is 5.69 Å². The Kier molecular flexibility index (Phi) is 5.79. The van der Waals surface area contributed by atoms with Crippen LogP contribution in [0, 0.1) is 12.3 Å². The lowest BCUT2D eigenvalue weighted by Crippen LogP contribution is -2.60. The van der Waals surface area contributed by atoms with Gasteiger partial charge in [0.05, 0.1) is 0 Å². The van der Waals surface area contributed by atoms with E-state index in [9.17, 15) is 27.9 Å². The van der Waals surface area contributed by atoms with Crippen molar-refractivity contribution in [3.63, 3.8) is 0 Å². The van der Waals surface area contributed by atoms with Crippen LogP contribution in [0.3, 0.4) is 0 Å². The van der Waals surface area contributed by atoms with E-state index in [1.165, 1.54) is 5.01 Å². The van der Waals surface area contributed by atoms with E-state index in [2.05, 4.69) is 17.6 Å². The number of nitrogens with zero attached hydrogens (tertiary/aromatic N) is 3. The molecule has 0 bridgehead atoms. The third-order valence-electron chi connectivity index (χ3n) is 6.52. The molecule has 3 aromatic rings. The van der Waals surface area contributed by atoms with E-state index in [0.717, 1.165) is 38.9 Å². The minimum Gasteiger partial charge on any atom is -0.502 e. The number of fused-ring (bicyclic) bond motifs is 3. The Balaban J connectivity index is 1.81. The molecule has 5 rings (SSSR count). The zero-order valence-electron chi connectivity index (χ0n) is 19.3. The van der Waals surface area contributed by atoms with Crippen molar-refractivity contribution in [2.24, 2.45) is 0 Å². The summed E-state index contributed by atoms with van der Waals surface area (Å²) in [6, 6.07) is 12.7. The van der Waals surface area contributed by atoms with Crippen molar-refractivity contribution in [2.75, 3.05) is 24.0 Å². The molecular weight excluding hydrogens is 493 g/mol. The van der Waals surface area contributed by atoms with Crippen LogP contribution >= 0.6 is 11.8 Å². The number of carbonyl (C=O) groups excluding carboxylic acids is 1. The van der Waals surface area contributed by atoms with Gasteiger partial charge in [-0.2, -0.15) is 13.2 Å². The van der Waals surface area contributed by atoms with E-state index >= 15 is 0 Å². The fraction of sp³-hybridized carbons (Fsp3) is 0.280. The molecule has 0 saturated carbocycles. The van der Waals surface area contributed by atoms with Crippen LogP contribution in [-0.4, -0.2) is 46.5 Å². The molecule has 1 aromatic heterocycles. The first-order valence-corrected chi connectivity index (χ1v) is 12.1. The van der Waals surface area contributed by atoms with Crippen LogP contribution in [0.5, 0.6) is 5.75 Å². The summed E-state index contributed by atoms with van der Waals surface area (Å²) in [7, 11) is 1.75. The van der Waals surface area contributed by atoms with Crippen LogP contribution in [0.4, 0.5) is 18.9 Å². The minimum absolute atomic E-state index is 0.472. The molecule has 186 valence electrons. The first-order valence-electron chi connectivity index (χ1n) is 11.1. The average Bonchev–Trinajstić information content (AvgIpc) is 3.02. The smallest absolute Gasteiger partial charge is 0.408 e. The van der Waals surface area contributed by atoms with Gasteiger partial charge in [-0.25, -0.2) is 4.68 Å². The molecule has 2 aromatic carbocycles. The lowest BCUT2D eigenvalue weighted by atomic mass is 9.92. The molecule has 0 saturated heterocycles. The Bertz CT molecular complexity index is 1410. The van der Waals surface area contributed by atoms with Crippen LogP contribution in [-0.2, 0) is 5.75 Å². The van der Waals surface area contributed by atoms with Gasteiger partial charge in [0.1, 0.15) is 18.8 Å². The average molecular weight is 515 g/mol. The molecule has 11 heteroatoms. The number of nitrogens with one attached hydrogen (secondary N) is 1. The molecule has 2 N–H and O–H groups in total. The minimum atomic E-state index is -4.73. The van der Waals surface area contributed by atoms with E-state index < -0.39 is 47.7 Å². The Morgan fingerprint density at radius 1 is 1.17 bits per heavy atom. The fourth-order valence-corrected chi connectivity index (χ4v) is 5.73. The third kappa shape index (κ3) is 3.73. The maximum atomic E-state index is 13.8. The molecule has 0 radical (unpaired) electrons. The summed E-state index contributed by atoms with van der Waals surface area (Å²) < 4.78 is 42.6. The molecule has 0 aliphatic carbocycles. The summed E-state index contributed by atoms with van der Waals surface area (Å²) in [5.41, 5.74) is 1.72. The standard InChI is InChI=1S/C25H21F3N4O3S/c1-14(25(26,27)28)30-13-32(31-11-10-18(33)23(34)22(31)24(30)35)21-16-7-3-4-9-19(16)36-12-15-6-5-8-17(29-2)20(15)21/h3-9,14,21,29,34H,12-13H2,1-2H3/t14-,21+/m1/s1. The van der Waals surface area contributed by atoms with Crippen molar-refractivity contribution < 1.29 is 23.1 Å². The molecule has 7 nitrogen and oxygen atoms in total. The Hall–Kier alpha value is -3.78. The van der Waals surface area contributed by atoms with Crippen molar-refractivity contribution in [1.29, 1.82) is 0 Å². The number of thioether (sulfide) groups is 1. The molecule has 0 unspecified atom stereocenters. The molecule has 2 aliphatic heterocycles. The Labute approximate surface area is 209 Å². The topological polar surface area (TPSA) is 77.8 Å². The lowest BCUT2D eigenvalue weighted by molar-refractivity contribution is -0.173. The molecule has 1 amide bonds. The van der Waals surface area contributed by atoms with E-state index in [1.807, 2.05) is 42.5 Å². The van der Waals surface area contributed by atoms with Gasteiger partial charge in [-0.1, -0.05) is 30.3 Å². The summed E-state index contributed by atoms with van der Waals surface area (Å²) in [5.74, 6) is -1.47. The summed E-state index contributed by atoms with van der Waals surface area (Å²) in [6.45, 7) is 0.407. The molecule has 36 heavy (non-hydrogen) atoms. The van der Waals surface area contributed by atoms with E-state index in [1.54, 1.807) is 18.8 Å². The van der Waals surface area contributed by atoms with Crippen LogP contribution in [0.15, 0.2) is 52.2 Å². The number of hydrogen-bond acceptors (Lipinski definition) is 6. The Morgan fingerprint density at radius 3 is 2.64 bits per heavy atom. The van der Waals surface area contributed by atoms with Crippen molar-refractivity contribution in [1.82, 2.24) is 9.58 Å². The number of aromatic nitrogens is 1. The van der Waals surface area contributed by atoms with Gasteiger partial charge in [-0.05, 0) is 30.2 Å². The lowest BCUT2D eigenvalue weighted by Gasteiger charge is -2.45. The second kappa shape index (κ2) is 8.71. The number of anilines is 1. The number of benzene rings is 2. The van der Waals surface area contributed by atoms with E-state index in [0.29, 0.717) is 10.7 Å². The van der Waals surface area contributed by atoms with Crippen LogP contribution in [0.1, 0.15) is 40.1 Å². The molecule has 0 spiro atoms. The zero-order chi connectivity index (χ0) is 25.8. The highest BCUT2D eigenvalue weighted by molar-refractivity contribution is 7.98. The number of amides is 1. The van der Waals surface area contributed by atoms with Crippen molar-refractivity contribution in [3.8, 4) is 5.75 Å². The number of alkyl halides is 3. The summed E-state index contributed by atoms with van der Waals surface area (Å²) in [4.78, 5) is 26.9. The highest BCUT2D eigenvalue weighted by Gasteiger charge is 2.48. The molecule has 2 aliphatic rings. The number of aromatic hydroxyl groups is 1. The first kappa shape index (κ1) is 23.9. The van der Waals surface area contributed by atoms with Gasteiger partial charge in [0.2, 0.25) is 5.75 Å². The van der Waals surface area contributed by atoms with Gasteiger partial charge >= 0.3 is 6.18 Å². The number of halogens is 3. The predicted molar refractivity (Wildman–Crippen MR) is 129 cm³/mol. The predicted octanol–water partition coefficient (Wildman–Crippen LogP) is 3.89. The largest absolute Gasteiger partial charge is 0.502 e. The van der Waals surface area contributed by atoms with Crippen molar-refractivity contribution in [2.45, 2.75) is 35.8 Å². The van der Waals surface area contributed by atoms with Crippen LogP contribution < -0.4 is 15.8 Å². The highest BCUT2D eigenvalue weighted by Crippen LogP contribution is 2.45. The maximum Gasteiger partial charge on any atom is 0.408 e. The molecule has 3 heterocycles. The Morgan fingerprint density at radius 2 is 1.92 bits per heavy atom. The monoisotopic (exact) mass is 514 g/mol. The second-order valence-corrected chi connectivity index (χ2v) is 9.52. The number of hydrogen-bond donors (Lipinski definition) is 2. The van der Waals surface area contributed by atoms with Gasteiger partial charge in [0, 0.05) is 41.2 Å².